The molecule has 0 unspecified atom stereocenters. The highest BCUT2D eigenvalue weighted by atomic mass is 16.2. The van der Waals surface area contributed by atoms with Gasteiger partial charge in [-0.1, -0.05) is 19.8 Å². The predicted molar refractivity (Wildman–Crippen MR) is 58.2 cm³/mol. The second-order valence-corrected chi connectivity index (χ2v) is 3.90. The van der Waals surface area contributed by atoms with Crippen molar-refractivity contribution in [3.05, 3.63) is 0 Å². The van der Waals surface area contributed by atoms with E-state index in [1.54, 1.807) is 0 Å². The molecule has 14 heavy (non-hydrogen) atoms. The molecule has 0 spiro atoms. The molecule has 0 aromatic heterocycles. The topological polar surface area (TPSA) is 32.3 Å². The maximum atomic E-state index is 11.8. The Morgan fingerprint density at radius 2 is 2.00 bits per heavy atom. The Kier molecular flexibility index (Phi) is 4.94. The lowest BCUT2D eigenvalue weighted by Crippen LogP contribution is -2.43. The van der Waals surface area contributed by atoms with Gasteiger partial charge in [0, 0.05) is 12.6 Å². The first-order chi connectivity index (χ1) is 6.79. The molecular formula is C11H22N2O. The van der Waals surface area contributed by atoms with E-state index in [0.717, 1.165) is 13.1 Å². The number of carbonyl (C=O) groups is 1. The third-order valence-electron chi connectivity index (χ3n) is 2.95. The normalized spacial score (nSPS) is 17.3. The van der Waals surface area contributed by atoms with E-state index in [0.29, 0.717) is 12.6 Å². The van der Waals surface area contributed by atoms with Crippen LogP contribution in [-0.2, 0) is 4.79 Å². The van der Waals surface area contributed by atoms with Crippen LogP contribution >= 0.6 is 0 Å². The van der Waals surface area contributed by atoms with Gasteiger partial charge in [-0.25, -0.2) is 0 Å². The van der Waals surface area contributed by atoms with E-state index in [9.17, 15) is 4.79 Å². The average molecular weight is 198 g/mol. The quantitative estimate of drug-likeness (QED) is 0.724. The summed E-state index contributed by atoms with van der Waals surface area (Å²) in [7, 11) is 0. The molecule has 1 amide bonds. The highest BCUT2D eigenvalue weighted by Crippen LogP contribution is 2.23. The summed E-state index contributed by atoms with van der Waals surface area (Å²) in [5.74, 6) is 0.265. The van der Waals surface area contributed by atoms with E-state index in [4.69, 9.17) is 0 Å². The fourth-order valence-electron chi connectivity index (χ4n) is 2.19. The zero-order valence-electron chi connectivity index (χ0n) is 9.38. The molecule has 0 heterocycles. The molecule has 3 heteroatoms. The third kappa shape index (κ3) is 2.98. The molecule has 0 bridgehead atoms. The molecule has 0 aliphatic heterocycles. The zero-order valence-corrected chi connectivity index (χ0v) is 9.38. The Labute approximate surface area is 86.9 Å². The summed E-state index contributed by atoms with van der Waals surface area (Å²) in [6.07, 6.45) is 4.97. The molecule has 0 saturated heterocycles. The van der Waals surface area contributed by atoms with Crippen LogP contribution in [0.4, 0.5) is 0 Å². The van der Waals surface area contributed by atoms with Gasteiger partial charge in [0.2, 0.25) is 5.91 Å². The monoisotopic (exact) mass is 198 g/mol. The molecule has 82 valence electrons. The van der Waals surface area contributed by atoms with Gasteiger partial charge >= 0.3 is 0 Å². The van der Waals surface area contributed by atoms with E-state index in [1.807, 2.05) is 11.8 Å². The van der Waals surface area contributed by atoms with Crippen molar-refractivity contribution in [3.8, 4) is 0 Å². The predicted octanol–water partition coefficient (Wildman–Crippen LogP) is 1.39. The van der Waals surface area contributed by atoms with Crippen molar-refractivity contribution >= 4 is 5.91 Å². The second-order valence-electron chi connectivity index (χ2n) is 3.90. The van der Waals surface area contributed by atoms with Crippen LogP contribution in [0.25, 0.3) is 0 Å². The van der Waals surface area contributed by atoms with Crippen molar-refractivity contribution in [2.45, 2.75) is 45.6 Å². The minimum atomic E-state index is 0.265. The summed E-state index contributed by atoms with van der Waals surface area (Å²) < 4.78 is 0. The van der Waals surface area contributed by atoms with Crippen LogP contribution in [0.2, 0.25) is 0 Å². The fraction of sp³-hybridized carbons (Fsp3) is 0.909. The first-order valence-electron chi connectivity index (χ1n) is 5.79. The van der Waals surface area contributed by atoms with E-state index < -0.39 is 0 Å². The molecule has 3 nitrogen and oxygen atoms in total. The zero-order chi connectivity index (χ0) is 10.4. The maximum absolute atomic E-state index is 11.8. The largest absolute Gasteiger partial charge is 0.339 e. The van der Waals surface area contributed by atoms with E-state index in [1.165, 1.54) is 25.7 Å². The molecule has 0 aromatic carbocycles. The van der Waals surface area contributed by atoms with E-state index in [2.05, 4.69) is 12.2 Å². The number of rotatable bonds is 5. The van der Waals surface area contributed by atoms with Crippen LogP contribution in [0.5, 0.6) is 0 Å². The Morgan fingerprint density at radius 1 is 1.36 bits per heavy atom. The van der Waals surface area contributed by atoms with Crippen LogP contribution < -0.4 is 5.32 Å². The van der Waals surface area contributed by atoms with Crippen LogP contribution in [0.3, 0.4) is 0 Å². The number of likely N-dealkylation sites (N-methyl/N-ethyl adjacent to an activating group) is 2. The van der Waals surface area contributed by atoms with Crippen molar-refractivity contribution in [1.29, 1.82) is 0 Å². The second kappa shape index (κ2) is 6.02. The van der Waals surface area contributed by atoms with Crippen LogP contribution in [0.15, 0.2) is 0 Å². The van der Waals surface area contributed by atoms with E-state index in [-0.39, 0.29) is 5.91 Å². The molecule has 1 aliphatic carbocycles. The summed E-state index contributed by atoms with van der Waals surface area (Å²) in [6, 6.07) is 0.520. The van der Waals surface area contributed by atoms with Gasteiger partial charge in [-0.3, -0.25) is 4.79 Å². The van der Waals surface area contributed by atoms with Crippen LogP contribution in [0.1, 0.15) is 39.5 Å². The first kappa shape index (κ1) is 11.5. The standard InChI is InChI=1S/C11H22N2O/c1-3-12-9-11(14)13(4-2)10-7-5-6-8-10/h10,12H,3-9H2,1-2H3. The van der Waals surface area contributed by atoms with Gasteiger partial charge in [0.1, 0.15) is 0 Å². The van der Waals surface area contributed by atoms with Gasteiger partial charge in [0.15, 0.2) is 0 Å². The smallest absolute Gasteiger partial charge is 0.236 e. The number of hydrogen-bond acceptors (Lipinski definition) is 2. The minimum absolute atomic E-state index is 0.265. The molecule has 1 fully saturated rings. The fourth-order valence-corrected chi connectivity index (χ4v) is 2.19. The summed E-state index contributed by atoms with van der Waals surface area (Å²) in [5, 5.41) is 3.10. The maximum Gasteiger partial charge on any atom is 0.236 e. The number of nitrogens with zero attached hydrogens (tertiary/aromatic N) is 1. The lowest BCUT2D eigenvalue weighted by atomic mass is 10.2. The minimum Gasteiger partial charge on any atom is -0.339 e. The molecule has 0 aromatic rings. The van der Waals surface area contributed by atoms with Crippen LogP contribution in [0, 0.1) is 0 Å². The number of amides is 1. The Bertz CT molecular complexity index is 176. The molecule has 1 rings (SSSR count). The Balaban J connectivity index is 2.39. The summed E-state index contributed by atoms with van der Waals surface area (Å²) in [5.41, 5.74) is 0. The summed E-state index contributed by atoms with van der Waals surface area (Å²) >= 11 is 0. The van der Waals surface area contributed by atoms with Gasteiger partial charge in [0.05, 0.1) is 6.54 Å². The van der Waals surface area contributed by atoms with Crippen molar-refractivity contribution in [2.24, 2.45) is 0 Å². The lowest BCUT2D eigenvalue weighted by molar-refractivity contribution is -0.132. The first-order valence-corrected chi connectivity index (χ1v) is 5.79. The van der Waals surface area contributed by atoms with Gasteiger partial charge in [-0.15, -0.1) is 0 Å². The molecule has 0 radical (unpaired) electrons. The summed E-state index contributed by atoms with van der Waals surface area (Å²) in [6.45, 7) is 6.32. The molecule has 1 N–H and O–H groups in total. The number of nitrogens with one attached hydrogen (secondary N) is 1. The lowest BCUT2D eigenvalue weighted by Gasteiger charge is -2.27. The Hall–Kier alpha value is -0.570. The van der Waals surface area contributed by atoms with Crippen molar-refractivity contribution in [2.75, 3.05) is 19.6 Å². The third-order valence-corrected chi connectivity index (χ3v) is 2.95. The van der Waals surface area contributed by atoms with Crippen molar-refractivity contribution in [1.82, 2.24) is 10.2 Å². The SMILES string of the molecule is CCNCC(=O)N(CC)C1CCCC1. The van der Waals surface area contributed by atoms with Gasteiger partial charge < -0.3 is 10.2 Å². The van der Waals surface area contributed by atoms with Crippen LogP contribution in [-0.4, -0.2) is 36.5 Å². The molecule has 0 atom stereocenters. The van der Waals surface area contributed by atoms with Crippen molar-refractivity contribution in [3.63, 3.8) is 0 Å². The Morgan fingerprint density at radius 3 is 2.50 bits per heavy atom. The van der Waals surface area contributed by atoms with E-state index >= 15 is 0 Å². The van der Waals surface area contributed by atoms with Crippen molar-refractivity contribution < 1.29 is 4.79 Å². The van der Waals surface area contributed by atoms with Gasteiger partial charge in [-0.05, 0) is 26.3 Å². The highest BCUT2D eigenvalue weighted by Gasteiger charge is 2.24. The molecule has 1 aliphatic rings. The van der Waals surface area contributed by atoms with Gasteiger partial charge in [0.25, 0.3) is 0 Å². The number of carbonyl (C=O) groups excluding carboxylic acids is 1. The summed E-state index contributed by atoms with van der Waals surface area (Å²) in [4.78, 5) is 13.8. The average Bonchev–Trinajstić information content (AvgIpc) is 2.69. The molecule has 1 saturated carbocycles. The van der Waals surface area contributed by atoms with Gasteiger partial charge in [-0.2, -0.15) is 0 Å². The number of hydrogen-bond donors (Lipinski definition) is 1. The molecular weight excluding hydrogens is 176 g/mol. The highest BCUT2D eigenvalue weighted by molar-refractivity contribution is 5.78.